The number of pyridine rings is 1. The topological polar surface area (TPSA) is 39.2 Å². The molecule has 4 heteroatoms. The molecule has 0 aromatic carbocycles. The largest absolute Gasteiger partial charge is 0.465 e. The molecule has 0 bridgehead atoms. The molecular formula is C16H15NO2S. The Morgan fingerprint density at radius 2 is 2.30 bits per heavy atom. The number of nitrogens with zero attached hydrogens (tertiary/aromatic N) is 1. The first-order valence-corrected chi connectivity index (χ1v) is 7.29. The van der Waals surface area contributed by atoms with Gasteiger partial charge in [-0.15, -0.1) is 11.3 Å². The quantitative estimate of drug-likeness (QED) is 0.639. The lowest BCUT2D eigenvalue weighted by molar-refractivity contribution is -0.144. The average molecular weight is 285 g/mol. The molecule has 3 nitrogen and oxygen atoms in total. The first-order chi connectivity index (χ1) is 9.81. The lowest BCUT2D eigenvalue weighted by Gasteiger charge is -2.11. The van der Waals surface area contributed by atoms with Crippen LogP contribution in [0.1, 0.15) is 29.8 Å². The monoisotopic (exact) mass is 285 g/mol. The van der Waals surface area contributed by atoms with E-state index in [-0.39, 0.29) is 5.97 Å². The van der Waals surface area contributed by atoms with Gasteiger partial charge in [-0.3, -0.25) is 9.78 Å². The minimum atomic E-state index is -0.427. The second-order valence-electron chi connectivity index (χ2n) is 4.04. The van der Waals surface area contributed by atoms with Crippen LogP contribution in [0.2, 0.25) is 0 Å². The molecule has 2 heterocycles. The van der Waals surface area contributed by atoms with E-state index in [1.807, 2.05) is 35.7 Å². The van der Waals surface area contributed by atoms with Gasteiger partial charge in [-0.2, -0.15) is 0 Å². The highest BCUT2D eigenvalue weighted by Crippen LogP contribution is 2.19. The Hall–Kier alpha value is -2.12. The van der Waals surface area contributed by atoms with Gasteiger partial charge in [0, 0.05) is 12.6 Å². The molecule has 0 aliphatic rings. The van der Waals surface area contributed by atoms with Gasteiger partial charge in [-0.25, -0.2) is 0 Å². The van der Waals surface area contributed by atoms with E-state index in [2.05, 4.69) is 16.8 Å². The molecule has 0 amide bonds. The van der Waals surface area contributed by atoms with E-state index in [1.54, 1.807) is 24.5 Å². The number of aromatic nitrogens is 1. The molecule has 1 unspecified atom stereocenters. The highest BCUT2D eigenvalue weighted by molar-refractivity contribution is 7.10. The summed E-state index contributed by atoms with van der Waals surface area (Å²) in [7, 11) is 0. The van der Waals surface area contributed by atoms with Crippen molar-refractivity contribution in [2.24, 2.45) is 0 Å². The van der Waals surface area contributed by atoms with Gasteiger partial charge < -0.3 is 4.74 Å². The molecule has 2 aromatic heterocycles. The van der Waals surface area contributed by atoms with Crippen LogP contribution in [0.3, 0.4) is 0 Å². The van der Waals surface area contributed by atoms with Crippen LogP contribution in [0.15, 0.2) is 41.9 Å². The van der Waals surface area contributed by atoms with Crippen molar-refractivity contribution in [2.75, 3.05) is 6.61 Å². The third kappa shape index (κ3) is 3.94. The number of thiophene rings is 1. The third-order valence-electron chi connectivity index (χ3n) is 2.65. The predicted molar refractivity (Wildman–Crippen MR) is 79.4 cm³/mol. The van der Waals surface area contributed by atoms with Crippen LogP contribution in [0.4, 0.5) is 0 Å². The van der Waals surface area contributed by atoms with Crippen LogP contribution in [0, 0.1) is 11.8 Å². The van der Waals surface area contributed by atoms with Gasteiger partial charge in [-0.05, 0) is 30.5 Å². The molecule has 0 N–H and O–H groups in total. The fourth-order valence-corrected chi connectivity index (χ4v) is 2.32. The summed E-state index contributed by atoms with van der Waals surface area (Å²) in [5.41, 5.74) is 0.700. The number of carbonyl (C=O) groups excluding carboxylic acids is 1. The Bertz CT molecular complexity index is 596. The van der Waals surface area contributed by atoms with E-state index in [4.69, 9.17) is 4.74 Å². The normalized spacial score (nSPS) is 11.2. The summed E-state index contributed by atoms with van der Waals surface area (Å²) in [6.07, 6.45) is 2.09. The molecule has 2 rings (SSSR count). The Morgan fingerprint density at radius 1 is 1.40 bits per heavy atom. The first kappa shape index (κ1) is 14.3. The maximum atomic E-state index is 12.0. The van der Waals surface area contributed by atoms with E-state index in [0.29, 0.717) is 18.7 Å². The number of hydrogen-bond acceptors (Lipinski definition) is 4. The molecule has 0 radical (unpaired) electrons. The van der Waals surface area contributed by atoms with Crippen molar-refractivity contribution in [1.82, 2.24) is 4.98 Å². The number of rotatable bonds is 4. The lowest BCUT2D eigenvalue weighted by atomic mass is 10.0. The molecule has 1 atom stereocenters. The minimum Gasteiger partial charge on any atom is -0.465 e. The maximum absolute atomic E-state index is 12.0. The standard InChI is InChI=1S/C16H15NO2S/c1-2-19-16(18)14(15-10-3-4-11-17-15)9-5-7-13-8-6-12-20-13/h3-4,6,8,10-12,14H,2,9H2,1H3. The van der Waals surface area contributed by atoms with E-state index >= 15 is 0 Å². The zero-order valence-electron chi connectivity index (χ0n) is 11.2. The second kappa shape index (κ2) is 7.46. The van der Waals surface area contributed by atoms with Crippen molar-refractivity contribution >= 4 is 17.3 Å². The lowest BCUT2D eigenvalue weighted by Crippen LogP contribution is -2.16. The summed E-state index contributed by atoms with van der Waals surface area (Å²) in [5, 5.41) is 1.98. The third-order valence-corrected chi connectivity index (χ3v) is 3.44. The summed E-state index contributed by atoms with van der Waals surface area (Å²) in [5.74, 6) is 5.40. The van der Waals surface area contributed by atoms with Crippen molar-refractivity contribution in [3.8, 4) is 11.8 Å². The van der Waals surface area contributed by atoms with Gasteiger partial charge >= 0.3 is 5.97 Å². The highest BCUT2D eigenvalue weighted by Gasteiger charge is 2.22. The molecule has 0 fully saturated rings. The van der Waals surface area contributed by atoms with E-state index < -0.39 is 5.92 Å². The van der Waals surface area contributed by atoms with Gasteiger partial charge in [0.05, 0.1) is 17.2 Å². The first-order valence-electron chi connectivity index (χ1n) is 6.41. The fourth-order valence-electron chi connectivity index (χ4n) is 1.72. The zero-order valence-corrected chi connectivity index (χ0v) is 12.0. The Morgan fingerprint density at radius 3 is 2.95 bits per heavy atom. The summed E-state index contributed by atoms with van der Waals surface area (Å²) >= 11 is 1.58. The van der Waals surface area contributed by atoms with Crippen molar-refractivity contribution in [1.29, 1.82) is 0 Å². The summed E-state index contributed by atoms with van der Waals surface area (Å²) < 4.78 is 5.10. The Balaban J connectivity index is 2.13. The van der Waals surface area contributed by atoms with Gasteiger partial charge in [0.15, 0.2) is 0 Å². The maximum Gasteiger partial charge on any atom is 0.315 e. The smallest absolute Gasteiger partial charge is 0.315 e. The fraction of sp³-hybridized carbons (Fsp3) is 0.250. The average Bonchev–Trinajstić information content (AvgIpc) is 2.98. The van der Waals surface area contributed by atoms with Crippen LogP contribution >= 0.6 is 11.3 Å². The molecular weight excluding hydrogens is 270 g/mol. The van der Waals surface area contributed by atoms with Crippen molar-refractivity contribution in [3.63, 3.8) is 0 Å². The molecule has 0 aliphatic carbocycles. The van der Waals surface area contributed by atoms with Gasteiger partial charge in [0.2, 0.25) is 0 Å². The van der Waals surface area contributed by atoms with Gasteiger partial charge in [0.1, 0.15) is 5.92 Å². The SMILES string of the molecule is CCOC(=O)C(CC#Cc1cccs1)c1ccccn1. The van der Waals surface area contributed by atoms with E-state index in [9.17, 15) is 4.79 Å². The van der Waals surface area contributed by atoms with E-state index in [0.717, 1.165) is 4.88 Å². The van der Waals surface area contributed by atoms with Gasteiger partial charge in [0.25, 0.3) is 0 Å². The van der Waals surface area contributed by atoms with Crippen molar-refractivity contribution in [3.05, 3.63) is 52.5 Å². The van der Waals surface area contributed by atoms with Crippen LogP contribution in [0.25, 0.3) is 0 Å². The number of hydrogen-bond donors (Lipinski definition) is 0. The minimum absolute atomic E-state index is 0.272. The van der Waals surface area contributed by atoms with Crippen molar-refractivity contribution < 1.29 is 9.53 Å². The summed E-state index contributed by atoms with van der Waals surface area (Å²) in [4.78, 5) is 17.2. The van der Waals surface area contributed by atoms with Crippen LogP contribution in [-0.2, 0) is 9.53 Å². The molecule has 0 saturated carbocycles. The highest BCUT2D eigenvalue weighted by atomic mass is 32.1. The van der Waals surface area contributed by atoms with Crippen LogP contribution in [0.5, 0.6) is 0 Å². The zero-order chi connectivity index (χ0) is 14.2. The number of esters is 1. The Kier molecular flexibility index (Phi) is 5.33. The number of ether oxygens (including phenoxy) is 1. The van der Waals surface area contributed by atoms with E-state index in [1.165, 1.54) is 0 Å². The predicted octanol–water partition coefficient (Wildman–Crippen LogP) is 3.23. The summed E-state index contributed by atoms with van der Waals surface area (Å²) in [6.45, 7) is 2.16. The molecule has 2 aromatic rings. The number of carbonyl (C=O) groups is 1. The molecule has 0 spiro atoms. The molecule has 102 valence electrons. The molecule has 0 aliphatic heterocycles. The Labute approximate surface area is 122 Å². The molecule has 0 saturated heterocycles. The summed E-state index contributed by atoms with van der Waals surface area (Å²) in [6, 6.07) is 9.42. The molecule has 20 heavy (non-hydrogen) atoms. The van der Waals surface area contributed by atoms with Gasteiger partial charge in [-0.1, -0.05) is 24.0 Å². The van der Waals surface area contributed by atoms with Crippen molar-refractivity contribution in [2.45, 2.75) is 19.3 Å². The second-order valence-corrected chi connectivity index (χ2v) is 4.99. The van der Waals surface area contributed by atoms with Crippen LogP contribution in [-0.4, -0.2) is 17.6 Å². The van der Waals surface area contributed by atoms with Crippen LogP contribution < -0.4 is 0 Å².